The van der Waals surface area contributed by atoms with E-state index in [1.165, 1.54) is 12.1 Å². The summed E-state index contributed by atoms with van der Waals surface area (Å²) in [5.41, 5.74) is 3.83. The molecule has 30 heavy (non-hydrogen) atoms. The topological polar surface area (TPSA) is 97.4 Å². The van der Waals surface area contributed by atoms with Crippen molar-refractivity contribution >= 4 is 22.8 Å². The zero-order valence-electron chi connectivity index (χ0n) is 16.0. The maximum atomic E-state index is 13.3. The van der Waals surface area contributed by atoms with E-state index in [-0.39, 0.29) is 17.4 Å². The van der Waals surface area contributed by atoms with Gasteiger partial charge in [-0.1, -0.05) is 24.3 Å². The second-order valence-electron chi connectivity index (χ2n) is 7.54. The lowest BCUT2D eigenvalue weighted by molar-refractivity contribution is -0.384. The smallest absolute Gasteiger partial charge is 0.269 e. The van der Waals surface area contributed by atoms with E-state index in [9.17, 15) is 14.9 Å². The Labute approximate surface area is 172 Å². The molecule has 5 rings (SSSR count). The fourth-order valence-corrected chi connectivity index (χ4v) is 4.29. The van der Waals surface area contributed by atoms with Gasteiger partial charge in [-0.2, -0.15) is 0 Å². The lowest BCUT2D eigenvalue weighted by atomic mass is 9.80. The van der Waals surface area contributed by atoms with E-state index >= 15 is 0 Å². The number of hydrogen-bond acceptors (Lipinski definition) is 6. The largest absolute Gasteiger partial charge is 0.469 e. The van der Waals surface area contributed by atoms with Crippen molar-refractivity contribution in [2.75, 3.05) is 10.6 Å². The van der Waals surface area contributed by atoms with Crippen LogP contribution in [0.5, 0.6) is 0 Å². The molecule has 0 amide bonds. The Morgan fingerprint density at radius 3 is 2.60 bits per heavy atom. The number of non-ortho nitro benzene ring substituents is 1. The third-order valence-electron chi connectivity index (χ3n) is 5.67. The molecule has 2 aliphatic rings. The second-order valence-corrected chi connectivity index (χ2v) is 7.54. The molecule has 1 aromatic heterocycles. The number of nitrogens with zero attached hydrogens (tertiary/aromatic N) is 1. The van der Waals surface area contributed by atoms with Crippen LogP contribution in [0.2, 0.25) is 0 Å². The Bertz CT molecular complexity index is 1170. The van der Waals surface area contributed by atoms with Crippen molar-refractivity contribution in [2.24, 2.45) is 0 Å². The highest BCUT2D eigenvalue weighted by molar-refractivity contribution is 6.01. The molecule has 1 aliphatic carbocycles. The number of carbonyl (C=O) groups excluding carboxylic acids is 1. The number of carbonyl (C=O) groups is 1. The molecular formula is C23H19N3O4. The fourth-order valence-electron chi connectivity index (χ4n) is 4.29. The number of nitro benzene ring substituents is 1. The number of rotatable bonds is 3. The number of hydrogen-bond donors (Lipinski definition) is 2. The Hall–Kier alpha value is -3.87. The number of anilines is 2. The van der Waals surface area contributed by atoms with Crippen molar-refractivity contribution in [3.63, 3.8) is 0 Å². The molecule has 7 nitrogen and oxygen atoms in total. The standard InChI is InChI=1S/C23H19N3O4/c27-20-13-15(21-9-4-10-30-21)12-19-22(20)23(14-5-3-6-16(11-14)26(28)29)25-18-8-2-1-7-17(18)24-19/h1-11,15,23-25H,12-13H2/t15-,23+/m0/s1. The van der Waals surface area contributed by atoms with Crippen LogP contribution in [0.15, 0.2) is 82.6 Å². The highest BCUT2D eigenvalue weighted by atomic mass is 16.6. The third kappa shape index (κ3) is 3.14. The van der Waals surface area contributed by atoms with Gasteiger partial charge in [-0.15, -0.1) is 0 Å². The van der Waals surface area contributed by atoms with Crippen molar-refractivity contribution in [1.29, 1.82) is 0 Å². The van der Waals surface area contributed by atoms with Gasteiger partial charge in [-0.25, -0.2) is 0 Å². The molecule has 7 heteroatoms. The molecule has 0 radical (unpaired) electrons. The molecule has 2 heterocycles. The minimum atomic E-state index is -0.485. The van der Waals surface area contributed by atoms with Gasteiger partial charge in [-0.05, 0) is 36.2 Å². The summed E-state index contributed by atoms with van der Waals surface area (Å²) in [4.78, 5) is 24.2. The molecule has 2 N–H and O–H groups in total. The van der Waals surface area contributed by atoms with Gasteiger partial charge >= 0.3 is 0 Å². The predicted molar refractivity (Wildman–Crippen MR) is 112 cm³/mol. The zero-order chi connectivity index (χ0) is 20.7. The van der Waals surface area contributed by atoms with Gasteiger partial charge in [0.2, 0.25) is 0 Å². The lowest BCUT2D eigenvalue weighted by Gasteiger charge is -2.28. The van der Waals surface area contributed by atoms with E-state index in [1.54, 1.807) is 12.3 Å². The molecule has 0 unspecified atom stereocenters. The minimum absolute atomic E-state index is 0.00124. The van der Waals surface area contributed by atoms with E-state index in [1.807, 2.05) is 42.5 Å². The average Bonchev–Trinajstić information content (AvgIpc) is 3.23. The monoisotopic (exact) mass is 401 g/mol. The van der Waals surface area contributed by atoms with Crippen LogP contribution in [-0.2, 0) is 4.79 Å². The molecule has 150 valence electrons. The minimum Gasteiger partial charge on any atom is -0.469 e. The SMILES string of the molecule is O=C1C[C@@H](c2ccco2)CC2=C1[C@@H](c1cccc([N+](=O)[O-])c1)Nc1ccccc1N2. The predicted octanol–water partition coefficient (Wildman–Crippen LogP) is 5.17. The van der Waals surface area contributed by atoms with Gasteiger partial charge in [0.15, 0.2) is 5.78 Å². The summed E-state index contributed by atoms with van der Waals surface area (Å²) in [7, 11) is 0. The molecule has 0 spiro atoms. The van der Waals surface area contributed by atoms with Gasteiger partial charge in [0, 0.05) is 35.7 Å². The number of para-hydroxylation sites is 2. The van der Waals surface area contributed by atoms with Gasteiger partial charge in [0.1, 0.15) is 5.76 Å². The summed E-state index contributed by atoms with van der Waals surface area (Å²) in [6, 6.07) is 17.4. The first-order chi connectivity index (χ1) is 14.6. The number of benzene rings is 2. The summed E-state index contributed by atoms with van der Waals surface area (Å²) in [6.45, 7) is 0. The first kappa shape index (κ1) is 18.2. The number of nitrogens with one attached hydrogen (secondary N) is 2. The summed E-state index contributed by atoms with van der Waals surface area (Å²) in [6.07, 6.45) is 2.57. The van der Waals surface area contributed by atoms with E-state index in [2.05, 4.69) is 10.6 Å². The van der Waals surface area contributed by atoms with E-state index in [0.29, 0.717) is 24.0 Å². The van der Waals surface area contributed by atoms with Crippen molar-refractivity contribution in [2.45, 2.75) is 24.8 Å². The molecule has 3 aromatic rings. The van der Waals surface area contributed by atoms with Gasteiger partial charge < -0.3 is 15.1 Å². The summed E-state index contributed by atoms with van der Waals surface area (Å²) in [5.74, 6) is 0.742. The quantitative estimate of drug-likeness (QED) is 0.464. The molecule has 2 atom stereocenters. The van der Waals surface area contributed by atoms with Crippen molar-refractivity contribution < 1.29 is 14.1 Å². The normalized spacial score (nSPS) is 20.5. The first-order valence-electron chi connectivity index (χ1n) is 9.77. The van der Waals surface area contributed by atoms with E-state index in [0.717, 1.165) is 22.8 Å². The highest BCUT2D eigenvalue weighted by Gasteiger charge is 2.37. The Kier molecular flexibility index (Phi) is 4.35. The van der Waals surface area contributed by atoms with E-state index < -0.39 is 11.0 Å². The number of furan rings is 1. The molecule has 0 saturated heterocycles. The van der Waals surface area contributed by atoms with Crippen LogP contribution in [0, 0.1) is 10.1 Å². The second kappa shape index (κ2) is 7.18. The number of Topliss-reactive ketones (excluding diaryl/α,β-unsaturated/α-hetero) is 1. The van der Waals surface area contributed by atoms with Crippen LogP contribution in [0.3, 0.4) is 0 Å². The first-order valence-corrected chi connectivity index (χ1v) is 9.77. The number of allylic oxidation sites excluding steroid dienone is 1. The third-order valence-corrected chi connectivity index (χ3v) is 5.67. The van der Waals surface area contributed by atoms with Crippen LogP contribution in [0.1, 0.15) is 36.1 Å². The lowest BCUT2D eigenvalue weighted by Crippen LogP contribution is -2.26. The molecule has 0 saturated carbocycles. The maximum absolute atomic E-state index is 13.3. The van der Waals surface area contributed by atoms with Crippen molar-refractivity contribution in [1.82, 2.24) is 0 Å². The molecular weight excluding hydrogens is 382 g/mol. The number of nitro groups is 1. The average molecular weight is 401 g/mol. The fraction of sp³-hybridized carbons (Fsp3) is 0.174. The Balaban J connectivity index is 1.63. The van der Waals surface area contributed by atoms with Crippen molar-refractivity contribution in [3.8, 4) is 0 Å². The van der Waals surface area contributed by atoms with Crippen LogP contribution in [0.4, 0.5) is 17.1 Å². The van der Waals surface area contributed by atoms with Crippen LogP contribution >= 0.6 is 0 Å². The molecule has 1 aliphatic heterocycles. The van der Waals surface area contributed by atoms with Gasteiger partial charge in [0.25, 0.3) is 5.69 Å². The molecule has 0 bridgehead atoms. The molecule has 0 fully saturated rings. The number of fused-ring (bicyclic) bond motifs is 1. The van der Waals surface area contributed by atoms with Crippen LogP contribution in [-0.4, -0.2) is 10.7 Å². The summed E-state index contributed by atoms with van der Waals surface area (Å²) >= 11 is 0. The Morgan fingerprint density at radius 1 is 1.00 bits per heavy atom. The van der Waals surface area contributed by atoms with Gasteiger partial charge in [-0.3, -0.25) is 14.9 Å². The summed E-state index contributed by atoms with van der Waals surface area (Å²) in [5, 5.41) is 18.2. The summed E-state index contributed by atoms with van der Waals surface area (Å²) < 4.78 is 5.56. The Morgan fingerprint density at radius 2 is 1.83 bits per heavy atom. The maximum Gasteiger partial charge on any atom is 0.269 e. The number of ketones is 1. The molecule has 2 aromatic carbocycles. The zero-order valence-corrected chi connectivity index (χ0v) is 16.0. The van der Waals surface area contributed by atoms with Crippen molar-refractivity contribution in [3.05, 3.63) is 99.6 Å². The van der Waals surface area contributed by atoms with Gasteiger partial charge in [0.05, 0.1) is 28.6 Å². The van der Waals surface area contributed by atoms with E-state index in [4.69, 9.17) is 4.42 Å². The van der Waals surface area contributed by atoms with Crippen LogP contribution < -0.4 is 10.6 Å². The highest BCUT2D eigenvalue weighted by Crippen LogP contribution is 2.44. The van der Waals surface area contributed by atoms with Crippen LogP contribution in [0.25, 0.3) is 0 Å².